The van der Waals surface area contributed by atoms with Crippen LogP contribution in [0, 0.1) is 0 Å². The van der Waals surface area contributed by atoms with Crippen molar-refractivity contribution in [3.8, 4) is 5.75 Å². The van der Waals surface area contributed by atoms with Gasteiger partial charge >= 0.3 is 5.97 Å². The molecule has 2 aromatic rings. The van der Waals surface area contributed by atoms with E-state index < -0.39 is 5.97 Å². The first-order chi connectivity index (χ1) is 10.5. The number of nitrogens with two attached hydrogens (primary N) is 1. The highest BCUT2D eigenvalue weighted by atomic mass is 32.1. The maximum Gasteiger partial charge on any atom is 0.371 e. The van der Waals surface area contributed by atoms with E-state index in [-0.39, 0.29) is 17.5 Å². The molecule has 22 heavy (non-hydrogen) atoms. The van der Waals surface area contributed by atoms with Crippen LogP contribution in [0.5, 0.6) is 5.75 Å². The summed E-state index contributed by atoms with van der Waals surface area (Å²) in [7, 11) is 0. The van der Waals surface area contributed by atoms with Gasteiger partial charge in [-0.1, -0.05) is 12.1 Å². The Kier molecular flexibility index (Phi) is 5.10. The zero-order chi connectivity index (χ0) is 15.9. The Morgan fingerprint density at radius 2 is 2.27 bits per heavy atom. The summed E-state index contributed by atoms with van der Waals surface area (Å²) in [4.78, 5) is 10.7. The van der Waals surface area contributed by atoms with Crippen LogP contribution in [0.1, 0.15) is 21.9 Å². The quantitative estimate of drug-likeness (QED) is 0.422. The fourth-order valence-corrected chi connectivity index (χ4v) is 1.63. The Morgan fingerprint density at radius 1 is 1.45 bits per heavy atom. The fourth-order valence-electron chi connectivity index (χ4n) is 1.58. The minimum absolute atomic E-state index is 0.0794. The van der Waals surface area contributed by atoms with Crippen molar-refractivity contribution in [1.29, 1.82) is 0 Å². The second-order valence-electron chi connectivity index (χ2n) is 4.17. The van der Waals surface area contributed by atoms with Crippen molar-refractivity contribution in [1.82, 2.24) is 5.43 Å². The average Bonchev–Trinajstić information content (AvgIpc) is 2.94. The van der Waals surface area contributed by atoms with Crippen molar-refractivity contribution in [3.05, 3.63) is 53.5 Å². The molecule has 2 rings (SSSR count). The molecule has 0 spiro atoms. The van der Waals surface area contributed by atoms with E-state index in [0.717, 1.165) is 5.56 Å². The number of benzene rings is 1. The molecule has 0 radical (unpaired) electrons. The van der Waals surface area contributed by atoms with Gasteiger partial charge in [0, 0.05) is 0 Å². The van der Waals surface area contributed by atoms with E-state index in [4.69, 9.17) is 20.0 Å². The van der Waals surface area contributed by atoms with E-state index in [1.807, 2.05) is 6.07 Å². The van der Waals surface area contributed by atoms with Gasteiger partial charge in [0.2, 0.25) is 5.76 Å². The van der Waals surface area contributed by atoms with Crippen molar-refractivity contribution in [2.45, 2.75) is 6.61 Å². The Bertz CT molecular complexity index is 712. The summed E-state index contributed by atoms with van der Waals surface area (Å²) >= 11 is 4.63. The molecule has 0 atom stereocenters. The third-order valence-electron chi connectivity index (χ3n) is 2.50. The predicted molar refractivity (Wildman–Crippen MR) is 84.0 cm³/mol. The van der Waals surface area contributed by atoms with E-state index in [2.05, 4.69) is 22.7 Å². The highest BCUT2D eigenvalue weighted by molar-refractivity contribution is 7.80. The van der Waals surface area contributed by atoms with E-state index in [1.165, 1.54) is 6.07 Å². The normalized spacial score (nSPS) is 10.5. The van der Waals surface area contributed by atoms with Crippen LogP contribution in [0.2, 0.25) is 0 Å². The van der Waals surface area contributed by atoms with Gasteiger partial charge in [0.1, 0.15) is 18.1 Å². The molecule has 7 nitrogen and oxygen atoms in total. The van der Waals surface area contributed by atoms with Crippen LogP contribution in [0.15, 0.2) is 45.9 Å². The number of carbonyl (C=O) groups is 1. The summed E-state index contributed by atoms with van der Waals surface area (Å²) in [5.74, 6) is -0.225. The third kappa shape index (κ3) is 4.60. The Hall–Kier alpha value is -2.87. The summed E-state index contributed by atoms with van der Waals surface area (Å²) in [5, 5.41) is 12.7. The van der Waals surface area contributed by atoms with Gasteiger partial charge in [-0.2, -0.15) is 5.10 Å². The molecule has 0 saturated carbocycles. The average molecular weight is 319 g/mol. The number of aromatic carboxylic acids is 1. The lowest BCUT2D eigenvalue weighted by Crippen LogP contribution is -2.23. The van der Waals surface area contributed by atoms with Crippen LogP contribution in [-0.4, -0.2) is 22.4 Å². The summed E-state index contributed by atoms with van der Waals surface area (Å²) in [5.41, 5.74) is 8.49. The third-order valence-corrected chi connectivity index (χ3v) is 2.59. The second kappa shape index (κ2) is 7.23. The number of carboxylic acids is 1. The van der Waals surface area contributed by atoms with Gasteiger partial charge in [-0.25, -0.2) is 4.79 Å². The smallest absolute Gasteiger partial charge is 0.371 e. The number of furan rings is 1. The standard InChI is InChI=1S/C14H13N3O4S/c15-14(22)17-16-7-9-2-1-3-10(6-9)20-8-11-4-5-12(21-11)13(18)19/h1-7H,8H2,(H,18,19)(H3,15,17,22). The number of thiocarbonyl (C=S) groups is 1. The molecule has 0 aliphatic carbocycles. The lowest BCUT2D eigenvalue weighted by Gasteiger charge is -2.04. The van der Waals surface area contributed by atoms with Crippen LogP contribution in [0.3, 0.4) is 0 Å². The zero-order valence-electron chi connectivity index (χ0n) is 11.4. The highest BCUT2D eigenvalue weighted by Crippen LogP contribution is 2.15. The predicted octanol–water partition coefficient (Wildman–Crippen LogP) is 1.72. The SMILES string of the molecule is NC(=S)NN=Cc1cccc(OCc2ccc(C(=O)O)o2)c1. The van der Waals surface area contributed by atoms with E-state index in [0.29, 0.717) is 11.5 Å². The summed E-state index contributed by atoms with van der Waals surface area (Å²) in [6.45, 7) is 0.124. The number of nitrogens with one attached hydrogen (secondary N) is 1. The molecule has 4 N–H and O–H groups in total. The van der Waals surface area contributed by atoms with E-state index in [9.17, 15) is 4.79 Å². The maximum absolute atomic E-state index is 10.7. The van der Waals surface area contributed by atoms with E-state index >= 15 is 0 Å². The lowest BCUT2D eigenvalue weighted by atomic mass is 10.2. The first-order valence-corrected chi connectivity index (χ1v) is 6.59. The molecule has 0 amide bonds. The molecule has 114 valence electrons. The minimum Gasteiger partial charge on any atom is -0.486 e. The molecular weight excluding hydrogens is 306 g/mol. The van der Waals surface area contributed by atoms with Crippen LogP contribution in [0.25, 0.3) is 0 Å². The number of hydrazone groups is 1. The molecule has 1 heterocycles. The van der Waals surface area contributed by atoms with Crippen molar-refractivity contribution < 1.29 is 19.1 Å². The number of rotatable bonds is 6. The van der Waals surface area contributed by atoms with Crippen LogP contribution >= 0.6 is 12.2 Å². The van der Waals surface area contributed by atoms with Gasteiger partial charge in [0.15, 0.2) is 5.11 Å². The van der Waals surface area contributed by atoms with E-state index in [1.54, 1.807) is 30.5 Å². The van der Waals surface area contributed by atoms with Crippen LogP contribution < -0.4 is 15.9 Å². The van der Waals surface area contributed by atoms with Crippen LogP contribution in [-0.2, 0) is 6.61 Å². The summed E-state index contributed by atoms with van der Waals surface area (Å²) in [6.07, 6.45) is 1.54. The molecule has 1 aromatic carbocycles. The molecule has 8 heteroatoms. The largest absolute Gasteiger partial charge is 0.486 e. The minimum atomic E-state index is -1.12. The number of carboxylic acid groups (broad SMARTS) is 1. The van der Waals surface area contributed by atoms with Gasteiger partial charge in [0.05, 0.1) is 6.21 Å². The van der Waals surface area contributed by atoms with Gasteiger partial charge in [0.25, 0.3) is 0 Å². The second-order valence-corrected chi connectivity index (χ2v) is 4.61. The number of ether oxygens (including phenoxy) is 1. The number of hydrogen-bond acceptors (Lipinski definition) is 5. The molecule has 0 saturated heterocycles. The summed E-state index contributed by atoms with van der Waals surface area (Å²) in [6, 6.07) is 10.1. The number of hydrogen-bond donors (Lipinski definition) is 3. The molecule has 0 bridgehead atoms. The van der Waals surface area contributed by atoms with Gasteiger partial charge in [-0.3, -0.25) is 5.43 Å². The molecule has 0 aliphatic rings. The maximum atomic E-state index is 10.7. The Balaban J connectivity index is 1.96. The van der Waals surface area contributed by atoms with Gasteiger partial charge < -0.3 is 20.0 Å². The van der Waals surface area contributed by atoms with Crippen LogP contribution in [0.4, 0.5) is 0 Å². The molecule has 1 aromatic heterocycles. The highest BCUT2D eigenvalue weighted by Gasteiger charge is 2.09. The first kappa shape index (κ1) is 15.5. The molecule has 0 aliphatic heterocycles. The van der Waals surface area contributed by atoms with Crippen molar-refractivity contribution in [2.75, 3.05) is 0 Å². The first-order valence-electron chi connectivity index (χ1n) is 6.18. The lowest BCUT2D eigenvalue weighted by molar-refractivity contribution is 0.0658. The monoisotopic (exact) mass is 319 g/mol. The Morgan fingerprint density at radius 3 is 2.95 bits per heavy atom. The van der Waals surface area contributed by atoms with Gasteiger partial charge in [-0.05, 0) is 42.0 Å². The topological polar surface area (TPSA) is 110 Å². The molecule has 0 unspecified atom stereocenters. The molecular formula is C14H13N3O4S. The van der Waals surface area contributed by atoms with Crippen molar-refractivity contribution in [3.63, 3.8) is 0 Å². The zero-order valence-corrected chi connectivity index (χ0v) is 12.2. The van der Waals surface area contributed by atoms with Crippen molar-refractivity contribution >= 4 is 29.5 Å². The fraction of sp³-hybridized carbons (Fsp3) is 0.0714. The summed E-state index contributed by atoms with van der Waals surface area (Å²) < 4.78 is 10.6. The van der Waals surface area contributed by atoms with Gasteiger partial charge in [-0.15, -0.1) is 0 Å². The van der Waals surface area contributed by atoms with Crippen molar-refractivity contribution in [2.24, 2.45) is 10.8 Å². The molecule has 0 fully saturated rings. The number of nitrogens with zero attached hydrogens (tertiary/aromatic N) is 1. The Labute approximate surface area is 131 Å².